The first kappa shape index (κ1) is 11.3. The van der Waals surface area contributed by atoms with E-state index in [9.17, 15) is 4.79 Å². The zero-order valence-corrected chi connectivity index (χ0v) is 10.9. The first-order chi connectivity index (χ1) is 7.54. The smallest absolute Gasteiger partial charge is 0.152 e. The summed E-state index contributed by atoms with van der Waals surface area (Å²) in [5, 5.41) is 4.41. The molecular formula is C11H12BrN3O. The Kier molecular flexibility index (Phi) is 2.80. The molecule has 0 bridgehead atoms. The summed E-state index contributed by atoms with van der Waals surface area (Å²) < 4.78 is 2.50. The van der Waals surface area contributed by atoms with E-state index < -0.39 is 0 Å². The zero-order valence-electron chi connectivity index (χ0n) is 9.36. The van der Waals surface area contributed by atoms with Crippen molar-refractivity contribution in [1.29, 1.82) is 0 Å². The van der Waals surface area contributed by atoms with Crippen LogP contribution in [-0.2, 0) is 0 Å². The molecule has 84 valence electrons. The maximum atomic E-state index is 11.1. The molecule has 0 aliphatic carbocycles. The minimum absolute atomic E-state index is 0.206. The summed E-state index contributed by atoms with van der Waals surface area (Å²) in [6, 6.07) is 1.92. The molecule has 2 rings (SSSR count). The van der Waals surface area contributed by atoms with E-state index in [1.54, 1.807) is 6.07 Å². The molecule has 2 aromatic heterocycles. The molecular weight excluding hydrogens is 270 g/mol. The summed E-state index contributed by atoms with van der Waals surface area (Å²) in [5.74, 6) is 0. The van der Waals surface area contributed by atoms with E-state index >= 15 is 0 Å². The molecule has 5 heteroatoms. The zero-order chi connectivity index (χ0) is 11.9. The van der Waals surface area contributed by atoms with Gasteiger partial charge in [0.25, 0.3) is 0 Å². The normalized spacial score (nSPS) is 11.3. The van der Waals surface area contributed by atoms with Gasteiger partial charge in [0.05, 0.1) is 11.2 Å². The summed E-state index contributed by atoms with van der Waals surface area (Å²) in [5.41, 5.74) is 3.05. The third-order valence-corrected chi connectivity index (χ3v) is 2.84. The predicted octanol–water partition coefficient (Wildman–Crippen LogP) is 2.90. The molecule has 0 saturated carbocycles. The molecule has 0 aliphatic rings. The molecule has 0 atom stereocenters. The maximum Gasteiger partial charge on any atom is 0.152 e. The second-order valence-electron chi connectivity index (χ2n) is 3.97. The molecule has 0 aliphatic heterocycles. The topological polar surface area (TPSA) is 47.8 Å². The van der Waals surface area contributed by atoms with E-state index in [0.717, 1.165) is 23.0 Å². The van der Waals surface area contributed by atoms with Gasteiger partial charge in [0.1, 0.15) is 10.1 Å². The van der Waals surface area contributed by atoms with Crippen molar-refractivity contribution in [1.82, 2.24) is 14.8 Å². The fraction of sp³-hybridized carbons (Fsp3) is 0.364. The molecule has 0 N–H and O–H groups in total. The van der Waals surface area contributed by atoms with Crippen molar-refractivity contribution in [3.05, 3.63) is 21.9 Å². The van der Waals surface area contributed by atoms with Gasteiger partial charge in [-0.05, 0) is 42.8 Å². The average Bonchev–Trinajstić information content (AvgIpc) is 2.55. The Balaban J connectivity index is 2.91. The minimum Gasteiger partial charge on any atom is -0.298 e. The predicted molar refractivity (Wildman–Crippen MR) is 65.7 cm³/mol. The van der Waals surface area contributed by atoms with Gasteiger partial charge < -0.3 is 0 Å². The molecule has 0 unspecified atom stereocenters. The molecule has 0 radical (unpaired) electrons. The van der Waals surface area contributed by atoms with E-state index in [2.05, 4.69) is 26.0 Å². The molecule has 0 spiro atoms. The van der Waals surface area contributed by atoms with Crippen LogP contribution in [0.25, 0.3) is 11.0 Å². The van der Waals surface area contributed by atoms with Crippen LogP contribution in [0.5, 0.6) is 0 Å². The fourth-order valence-electron chi connectivity index (χ4n) is 1.74. The Labute approximate surface area is 102 Å². The van der Waals surface area contributed by atoms with Gasteiger partial charge in [-0.2, -0.15) is 5.10 Å². The number of nitrogens with zero attached hydrogens (tertiary/aromatic N) is 3. The maximum absolute atomic E-state index is 11.1. The number of carbonyl (C=O) groups excluding carboxylic acids is 1. The van der Waals surface area contributed by atoms with E-state index in [-0.39, 0.29) is 6.04 Å². The molecule has 0 saturated heterocycles. The number of aromatic nitrogens is 3. The Bertz CT molecular complexity index is 560. The van der Waals surface area contributed by atoms with E-state index in [1.165, 1.54) is 0 Å². The van der Waals surface area contributed by atoms with Crippen molar-refractivity contribution in [2.45, 2.75) is 26.8 Å². The third-order valence-electron chi connectivity index (χ3n) is 2.44. The van der Waals surface area contributed by atoms with Crippen LogP contribution >= 0.6 is 15.9 Å². The minimum atomic E-state index is 0.206. The number of aryl methyl sites for hydroxylation is 1. The fourth-order valence-corrected chi connectivity index (χ4v) is 2.16. The Morgan fingerprint density at radius 1 is 1.50 bits per heavy atom. The summed E-state index contributed by atoms with van der Waals surface area (Å²) in [7, 11) is 0. The van der Waals surface area contributed by atoms with Gasteiger partial charge in [0, 0.05) is 11.6 Å². The highest BCUT2D eigenvalue weighted by Crippen LogP contribution is 2.25. The monoisotopic (exact) mass is 281 g/mol. The van der Waals surface area contributed by atoms with Crippen molar-refractivity contribution in [3.8, 4) is 0 Å². The number of carbonyl (C=O) groups is 1. The van der Waals surface area contributed by atoms with Crippen LogP contribution in [0.15, 0.2) is 10.7 Å². The number of pyridine rings is 1. The number of hydrogen-bond acceptors (Lipinski definition) is 3. The molecule has 2 heterocycles. The second kappa shape index (κ2) is 3.97. The van der Waals surface area contributed by atoms with Gasteiger partial charge >= 0.3 is 0 Å². The number of rotatable bonds is 2. The van der Waals surface area contributed by atoms with Crippen molar-refractivity contribution < 1.29 is 4.79 Å². The lowest BCUT2D eigenvalue weighted by Crippen LogP contribution is -2.04. The number of fused-ring (bicyclic) bond motifs is 1. The van der Waals surface area contributed by atoms with Gasteiger partial charge in [0.2, 0.25) is 0 Å². The van der Waals surface area contributed by atoms with E-state index in [0.29, 0.717) is 10.2 Å². The Hall–Kier alpha value is -1.23. The van der Waals surface area contributed by atoms with Gasteiger partial charge in [0.15, 0.2) is 6.29 Å². The first-order valence-electron chi connectivity index (χ1n) is 5.05. The highest BCUT2D eigenvalue weighted by molar-refractivity contribution is 9.10. The van der Waals surface area contributed by atoms with Crippen molar-refractivity contribution in [3.63, 3.8) is 0 Å². The molecule has 16 heavy (non-hydrogen) atoms. The molecule has 0 fully saturated rings. The molecule has 4 nitrogen and oxygen atoms in total. The van der Waals surface area contributed by atoms with Gasteiger partial charge in [-0.15, -0.1) is 0 Å². The van der Waals surface area contributed by atoms with Crippen LogP contribution in [0.3, 0.4) is 0 Å². The van der Waals surface area contributed by atoms with Crippen LogP contribution in [0.2, 0.25) is 0 Å². The third kappa shape index (κ3) is 1.65. The van der Waals surface area contributed by atoms with E-state index in [4.69, 9.17) is 0 Å². The van der Waals surface area contributed by atoms with Crippen LogP contribution in [-0.4, -0.2) is 21.1 Å². The van der Waals surface area contributed by atoms with Crippen LogP contribution in [0, 0.1) is 6.92 Å². The number of hydrogen-bond donors (Lipinski definition) is 0. The molecule has 2 aromatic rings. The SMILES string of the molecule is Cc1nn(C(C)C)c2c(C=O)cc(Br)nc12. The molecule has 0 aromatic carbocycles. The summed E-state index contributed by atoms with van der Waals surface area (Å²) in [6.45, 7) is 5.96. The lowest BCUT2D eigenvalue weighted by molar-refractivity contribution is 0.112. The highest BCUT2D eigenvalue weighted by atomic mass is 79.9. The van der Waals surface area contributed by atoms with Gasteiger partial charge in [-0.25, -0.2) is 4.98 Å². The number of aldehydes is 1. The molecule has 0 amide bonds. The van der Waals surface area contributed by atoms with Crippen molar-refractivity contribution in [2.75, 3.05) is 0 Å². The quantitative estimate of drug-likeness (QED) is 0.628. The van der Waals surface area contributed by atoms with E-state index in [1.807, 2.05) is 25.5 Å². The van der Waals surface area contributed by atoms with Gasteiger partial charge in [-0.3, -0.25) is 9.48 Å². The first-order valence-corrected chi connectivity index (χ1v) is 5.84. The van der Waals surface area contributed by atoms with Crippen molar-refractivity contribution in [2.24, 2.45) is 0 Å². The van der Waals surface area contributed by atoms with Crippen LogP contribution in [0.1, 0.15) is 35.9 Å². The summed E-state index contributed by atoms with van der Waals surface area (Å²) in [6.07, 6.45) is 0.842. The summed E-state index contributed by atoms with van der Waals surface area (Å²) >= 11 is 3.30. The Morgan fingerprint density at radius 2 is 2.19 bits per heavy atom. The van der Waals surface area contributed by atoms with Gasteiger partial charge in [-0.1, -0.05) is 0 Å². The second-order valence-corrected chi connectivity index (χ2v) is 4.79. The lowest BCUT2D eigenvalue weighted by Gasteiger charge is -2.08. The average molecular weight is 282 g/mol. The largest absolute Gasteiger partial charge is 0.298 e. The Morgan fingerprint density at radius 3 is 2.75 bits per heavy atom. The standard InChI is InChI=1S/C11H12BrN3O/c1-6(2)15-11-8(5-16)4-9(12)13-10(11)7(3)14-15/h4-6H,1-3H3. The summed E-state index contributed by atoms with van der Waals surface area (Å²) in [4.78, 5) is 15.4. The van der Waals surface area contributed by atoms with Crippen LogP contribution in [0.4, 0.5) is 0 Å². The van der Waals surface area contributed by atoms with Crippen molar-refractivity contribution >= 4 is 33.2 Å². The highest BCUT2D eigenvalue weighted by Gasteiger charge is 2.15. The lowest BCUT2D eigenvalue weighted by atomic mass is 10.2. The number of halogens is 1. The van der Waals surface area contributed by atoms with Crippen LogP contribution < -0.4 is 0 Å².